The fourth-order valence-corrected chi connectivity index (χ4v) is 0.736. The van der Waals surface area contributed by atoms with Gasteiger partial charge in [0.1, 0.15) is 0 Å². The zero-order valence-electron chi connectivity index (χ0n) is 7.66. The lowest BCUT2D eigenvalue weighted by Gasteiger charge is -2.11. The van der Waals surface area contributed by atoms with E-state index in [1.54, 1.807) is 20.8 Å². The molecular formula is C8H15NO3. The number of carbonyl (C=O) groups excluding carboxylic acids is 2. The highest BCUT2D eigenvalue weighted by Gasteiger charge is 2.09. The van der Waals surface area contributed by atoms with Gasteiger partial charge in [0.2, 0.25) is 6.41 Å². The zero-order valence-corrected chi connectivity index (χ0v) is 7.66. The molecule has 0 aliphatic rings. The van der Waals surface area contributed by atoms with Crippen molar-refractivity contribution < 1.29 is 14.3 Å². The summed E-state index contributed by atoms with van der Waals surface area (Å²) in [5.74, 6) is -0.285. The molecule has 0 aliphatic carbocycles. The van der Waals surface area contributed by atoms with Crippen molar-refractivity contribution >= 4 is 12.4 Å². The third-order valence-corrected chi connectivity index (χ3v) is 1.19. The zero-order chi connectivity index (χ0) is 9.56. The van der Waals surface area contributed by atoms with Crippen LogP contribution in [0.4, 0.5) is 0 Å². The maximum Gasteiger partial charge on any atom is 0.308 e. The van der Waals surface area contributed by atoms with Crippen molar-refractivity contribution in [2.75, 3.05) is 0 Å². The smallest absolute Gasteiger partial charge is 0.308 e. The van der Waals surface area contributed by atoms with E-state index in [4.69, 9.17) is 4.74 Å². The molecule has 70 valence electrons. The monoisotopic (exact) mass is 173 g/mol. The minimum Gasteiger partial charge on any atom is -0.463 e. The van der Waals surface area contributed by atoms with Crippen molar-refractivity contribution in [2.45, 2.75) is 39.3 Å². The van der Waals surface area contributed by atoms with E-state index in [0.29, 0.717) is 6.41 Å². The van der Waals surface area contributed by atoms with E-state index in [9.17, 15) is 9.59 Å². The normalized spacial score (nSPS) is 12.3. The summed E-state index contributed by atoms with van der Waals surface area (Å²) in [4.78, 5) is 20.9. The average molecular weight is 173 g/mol. The summed E-state index contributed by atoms with van der Waals surface area (Å²) < 4.78 is 4.87. The Kier molecular flexibility index (Phi) is 5.08. The lowest BCUT2D eigenvalue weighted by atomic mass is 10.2. The van der Waals surface area contributed by atoms with Crippen LogP contribution < -0.4 is 5.32 Å². The largest absolute Gasteiger partial charge is 0.463 e. The van der Waals surface area contributed by atoms with Crippen LogP contribution in [0.2, 0.25) is 0 Å². The standard InChI is InChI=1S/C8H15NO3/c1-6(2)12-8(11)4-7(3)9-5-10/h5-7H,4H2,1-3H3,(H,9,10). The van der Waals surface area contributed by atoms with Gasteiger partial charge < -0.3 is 10.1 Å². The molecule has 0 saturated carbocycles. The van der Waals surface area contributed by atoms with Gasteiger partial charge in [-0.25, -0.2) is 0 Å². The highest BCUT2D eigenvalue weighted by atomic mass is 16.5. The molecule has 1 N–H and O–H groups in total. The number of ether oxygens (including phenoxy) is 1. The van der Waals surface area contributed by atoms with Gasteiger partial charge in [0.15, 0.2) is 0 Å². The first-order chi connectivity index (χ1) is 5.56. The van der Waals surface area contributed by atoms with Crippen LogP contribution in [0.25, 0.3) is 0 Å². The summed E-state index contributed by atoms with van der Waals surface area (Å²) in [5, 5.41) is 2.47. The molecule has 0 aliphatic heterocycles. The van der Waals surface area contributed by atoms with Crippen LogP contribution in [-0.4, -0.2) is 24.5 Å². The first kappa shape index (κ1) is 10.9. The highest BCUT2D eigenvalue weighted by Crippen LogP contribution is 1.96. The quantitative estimate of drug-likeness (QED) is 0.485. The van der Waals surface area contributed by atoms with Crippen LogP contribution >= 0.6 is 0 Å². The molecule has 0 radical (unpaired) electrons. The fraction of sp³-hybridized carbons (Fsp3) is 0.750. The molecule has 0 aromatic heterocycles. The van der Waals surface area contributed by atoms with E-state index in [0.717, 1.165) is 0 Å². The number of hydrogen-bond donors (Lipinski definition) is 1. The lowest BCUT2D eigenvalue weighted by Crippen LogP contribution is -2.28. The summed E-state index contributed by atoms with van der Waals surface area (Å²) in [6.45, 7) is 5.32. The second kappa shape index (κ2) is 5.57. The van der Waals surface area contributed by atoms with Gasteiger partial charge in [-0.05, 0) is 20.8 Å². The van der Waals surface area contributed by atoms with Crippen molar-refractivity contribution in [1.82, 2.24) is 5.32 Å². The third kappa shape index (κ3) is 5.70. The molecule has 0 aromatic rings. The number of nitrogens with one attached hydrogen (secondary N) is 1. The van der Waals surface area contributed by atoms with Gasteiger partial charge in [0.05, 0.1) is 12.5 Å². The molecule has 4 heteroatoms. The minimum atomic E-state index is -0.285. The van der Waals surface area contributed by atoms with E-state index in [-0.39, 0.29) is 24.5 Å². The molecule has 12 heavy (non-hydrogen) atoms. The molecule has 0 spiro atoms. The van der Waals surface area contributed by atoms with Gasteiger partial charge in [-0.1, -0.05) is 0 Å². The number of esters is 1. The van der Waals surface area contributed by atoms with Crippen LogP contribution in [0.1, 0.15) is 27.2 Å². The third-order valence-electron chi connectivity index (χ3n) is 1.19. The Balaban J connectivity index is 3.61. The Morgan fingerprint density at radius 1 is 1.50 bits per heavy atom. The summed E-state index contributed by atoms with van der Waals surface area (Å²) in [5.41, 5.74) is 0. The maximum absolute atomic E-state index is 11.0. The molecule has 0 fully saturated rings. The number of hydrogen-bond acceptors (Lipinski definition) is 3. The van der Waals surface area contributed by atoms with Crippen LogP contribution in [0, 0.1) is 0 Å². The van der Waals surface area contributed by atoms with Crippen LogP contribution in [-0.2, 0) is 14.3 Å². The Morgan fingerprint density at radius 2 is 2.08 bits per heavy atom. The Bertz CT molecular complexity index is 156. The molecule has 4 nitrogen and oxygen atoms in total. The SMILES string of the molecule is CC(CC(=O)OC(C)C)NC=O. The predicted octanol–water partition coefficient (Wildman–Crippen LogP) is 0.463. The second-order valence-corrected chi connectivity index (χ2v) is 2.93. The fourth-order valence-electron chi connectivity index (χ4n) is 0.736. The van der Waals surface area contributed by atoms with Gasteiger partial charge in [-0.3, -0.25) is 9.59 Å². The van der Waals surface area contributed by atoms with Gasteiger partial charge in [-0.2, -0.15) is 0 Å². The molecule has 0 aromatic carbocycles. The molecular weight excluding hydrogens is 158 g/mol. The van der Waals surface area contributed by atoms with Crippen molar-refractivity contribution in [1.29, 1.82) is 0 Å². The van der Waals surface area contributed by atoms with E-state index in [2.05, 4.69) is 5.32 Å². The van der Waals surface area contributed by atoms with E-state index < -0.39 is 0 Å². The van der Waals surface area contributed by atoms with Crippen LogP contribution in [0.15, 0.2) is 0 Å². The van der Waals surface area contributed by atoms with Gasteiger partial charge in [0, 0.05) is 6.04 Å². The maximum atomic E-state index is 11.0. The van der Waals surface area contributed by atoms with Crippen molar-refractivity contribution in [3.05, 3.63) is 0 Å². The van der Waals surface area contributed by atoms with Gasteiger partial charge in [0.25, 0.3) is 0 Å². The highest BCUT2D eigenvalue weighted by molar-refractivity contribution is 5.70. The Labute approximate surface area is 72.3 Å². The number of carbonyl (C=O) groups is 2. The van der Waals surface area contributed by atoms with E-state index in [1.807, 2.05) is 0 Å². The van der Waals surface area contributed by atoms with Gasteiger partial charge >= 0.3 is 5.97 Å². The predicted molar refractivity (Wildman–Crippen MR) is 44.5 cm³/mol. The summed E-state index contributed by atoms with van der Waals surface area (Å²) in [7, 11) is 0. The molecule has 1 amide bonds. The van der Waals surface area contributed by atoms with E-state index in [1.165, 1.54) is 0 Å². The number of rotatable bonds is 5. The molecule has 1 atom stereocenters. The Hall–Kier alpha value is -1.06. The first-order valence-corrected chi connectivity index (χ1v) is 3.95. The van der Waals surface area contributed by atoms with Crippen molar-refractivity contribution in [3.8, 4) is 0 Å². The average Bonchev–Trinajstić information content (AvgIpc) is 1.84. The van der Waals surface area contributed by atoms with Crippen molar-refractivity contribution in [3.63, 3.8) is 0 Å². The molecule has 0 bridgehead atoms. The molecule has 0 heterocycles. The lowest BCUT2D eigenvalue weighted by molar-refractivity contribution is -0.147. The van der Waals surface area contributed by atoms with Crippen LogP contribution in [0.5, 0.6) is 0 Å². The molecule has 0 rings (SSSR count). The molecule has 0 saturated heterocycles. The second-order valence-electron chi connectivity index (χ2n) is 2.93. The summed E-state index contributed by atoms with van der Waals surface area (Å²) in [6, 6.07) is -0.159. The summed E-state index contributed by atoms with van der Waals surface area (Å²) in [6.07, 6.45) is 0.700. The minimum absolute atomic E-state index is 0.0964. The number of amides is 1. The Morgan fingerprint density at radius 3 is 2.50 bits per heavy atom. The molecule has 1 unspecified atom stereocenters. The van der Waals surface area contributed by atoms with Gasteiger partial charge in [-0.15, -0.1) is 0 Å². The van der Waals surface area contributed by atoms with E-state index >= 15 is 0 Å². The summed E-state index contributed by atoms with van der Waals surface area (Å²) >= 11 is 0. The van der Waals surface area contributed by atoms with Crippen LogP contribution in [0.3, 0.4) is 0 Å². The first-order valence-electron chi connectivity index (χ1n) is 3.95. The van der Waals surface area contributed by atoms with Crippen molar-refractivity contribution in [2.24, 2.45) is 0 Å². The topological polar surface area (TPSA) is 55.4 Å².